The van der Waals surface area contributed by atoms with Gasteiger partial charge in [0.2, 0.25) is 0 Å². The van der Waals surface area contributed by atoms with Crippen LogP contribution in [0.2, 0.25) is 0 Å². The summed E-state index contributed by atoms with van der Waals surface area (Å²) in [6.07, 6.45) is 7.26. The van der Waals surface area contributed by atoms with Gasteiger partial charge in [0.15, 0.2) is 0 Å². The number of rotatable bonds is 6. The summed E-state index contributed by atoms with van der Waals surface area (Å²) < 4.78 is 0. The summed E-state index contributed by atoms with van der Waals surface area (Å²) in [5, 5.41) is 3.52. The molecule has 0 atom stereocenters. The summed E-state index contributed by atoms with van der Waals surface area (Å²) in [4.78, 5) is 9.11. The Bertz CT molecular complexity index is 452. The third-order valence-corrected chi connectivity index (χ3v) is 4.50. The van der Waals surface area contributed by atoms with Crippen molar-refractivity contribution in [3.63, 3.8) is 0 Å². The van der Waals surface area contributed by atoms with Gasteiger partial charge < -0.3 is 10.7 Å². The predicted molar refractivity (Wildman–Crippen MR) is 88.2 cm³/mol. The fraction of sp³-hybridized carbons (Fsp3) is 0.750. The molecule has 4 N–H and O–H groups in total. The van der Waals surface area contributed by atoms with Crippen LogP contribution in [0, 0.1) is 18.8 Å². The first-order chi connectivity index (χ1) is 10.1. The molecule has 0 unspecified atom stereocenters. The van der Waals surface area contributed by atoms with Gasteiger partial charge in [0.25, 0.3) is 0 Å². The van der Waals surface area contributed by atoms with Crippen molar-refractivity contribution in [2.24, 2.45) is 17.7 Å². The molecular weight excluding hydrogens is 262 g/mol. The lowest BCUT2D eigenvalue weighted by Gasteiger charge is -2.26. The molecule has 0 bridgehead atoms. The number of anilines is 2. The van der Waals surface area contributed by atoms with Crippen molar-refractivity contribution in [1.29, 1.82) is 0 Å². The maximum Gasteiger partial charge on any atom is 0.148 e. The third kappa shape index (κ3) is 4.30. The van der Waals surface area contributed by atoms with Crippen molar-refractivity contribution in [2.45, 2.75) is 59.3 Å². The van der Waals surface area contributed by atoms with Crippen molar-refractivity contribution in [3.05, 3.63) is 11.4 Å². The Morgan fingerprint density at radius 2 is 1.81 bits per heavy atom. The molecule has 0 aromatic carbocycles. The number of hydrazine groups is 1. The van der Waals surface area contributed by atoms with Crippen LogP contribution in [0.25, 0.3) is 0 Å². The van der Waals surface area contributed by atoms with Crippen molar-refractivity contribution in [3.8, 4) is 0 Å². The molecule has 5 nitrogen and oxygen atoms in total. The highest BCUT2D eigenvalue weighted by molar-refractivity contribution is 5.56. The summed E-state index contributed by atoms with van der Waals surface area (Å²) >= 11 is 0. The first-order valence-corrected chi connectivity index (χ1v) is 8.22. The van der Waals surface area contributed by atoms with E-state index in [2.05, 4.69) is 34.6 Å². The summed E-state index contributed by atoms with van der Waals surface area (Å²) in [6.45, 7) is 7.50. The van der Waals surface area contributed by atoms with Crippen LogP contribution in [0.1, 0.15) is 57.3 Å². The molecular formula is C16H29N5. The van der Waals surface area contributed by atoms with Gasteiger partial charge in [0.05, 0.1) is 0 Å². The first-order valence-electron chi connectivity index (χ1n) is 8.22. The van der Waals surface area contributed by atoms with Crippen molar-refractivity contribution < 1.29 is 0 Å². The van der Waals surface area contributed by atoms with E-state index in [9.17, 15) is 0 Å². The molecule has 21 heavy (non-hydrogen) atoms. The lowest BCUT2D eigenvalue weighted by Crippen LogP contribution is -2.22. The number of nitrogens with zero attached hydrogens (tertiary/aromatic N) is 2. The molecule has 0 amide bonds. The van der Waals surface area contributed by atoms with Crippen LogP contribution < -0.4 is 16.6 Å². The van der Waals surface area contributed by atoms with Gasteiger partial charge in [-0.15, -0.1) is 0 Å². The normalized spacial score (nSPS) is 22.1. The van der Waals surface area contributed by atoms with Crippen molar-refractivity contribution >= 4 is 11.6 Å². The van der Waals surface area contributed by atoms with Crippen molar-refractivity contribution in [2.75, 3.05) is 17.3 Å². The van der Waals surface area contributed by atoms with Gasteiger partial charge in [0.1, 0.15) is 17.5 Å². The van der Waals surface area contributed by atoms with E-state index in [1.165, 1.54) is 25.7 Å². The van der Waals surface area contributed by atoms with Gasteiger partial charge in [-0.2, -0.15) is 0 Å². The van der Waals surface area contributed by atoms with E-state index >= 15 is 0 Å². The minimum Gasteiger partial charge on any atom is -0.369 e. The van der Waals surface area contributed by atoms with Gasteiger partial charge in [0, 0.05) is 18.5 Å². The second kappa shape index (κ2) is 7.59. The second-order valence-corrected chi connectivity index (χ2v) is 6.36. The summed E-state index contributed by atoms with van der Waals surface area (Å²) in [5.41, 5.74) is 3.69. The molecule has 1 aromatic heterocycles. The average Bonchev–Trinajstić information content (AvgIpc) is 2.49. The number of hydrogen-bond donors (Lipinski definition) is 3. The van der Waals surface area contributed by atoms with Gasteiger partial charge in [-0.1, -0.05) is 26.7 Å². The number of aromatic nitrogens is 2. The summed E-state index contributed by atoms with van der Waals surface area (Å²) in [6, 6.07) is 0. The second-order valence-electron chi connectivity index (χ2n) is 6.36. The molecule has 1 heterocycles. The van der Waals surface area contributed by atoms with Gasteiger partial charge in [-0.25, -0.2) is 15.8 Å². The largest absolute Gasteiger partial charge is 0.369 e. The van der Waals surface area contributed by atoms with E-state index in [4.69, 9.17) is 5.84 Å². The molecule has 0 aliphatic heterocycles. The van der Waals surface area contributed by atoms with E-state index in [-0.39, 0.29) is 0 Å². The average molecular weight is 291 g/mol. The van der Waals surface area contributed by atoms with E-state index in [0.29, 0.717) is 0 Å². The smallest absolute Gasteiger partial charge is 0.148 e. The van der Waals surface area contributed by atoms with Crippen molar-refractivity contribution in [1.82, 2.24) is 9.97 Å². The summed E-state index contributed by atoms with van der Waals surface area (Å²) in [7, 11) is 0. The molecule has 5 heteroatoms. The molecule has 1 aliphatic carbocycles. The van der Waals surface area contributed by atoms with Crippen LogP contribution >= 0.6 is 0 Å². The van der Waals surface area contributed by atoms with E-state index in [1.807, 2.05) is 6.92 Å². The van der Waals surface area contributed by atoms with Crippen LogP contribution in [-0.2, 0) is 6.42 Å². The Morgan fingerprint density at radius 3 is 2.43 bits per heavy atom. The quantitative estimate of drug-likeness (QED) is 0.554. The number of aryl methyl sites for hydroxylation is 1. The van der Waals surface area contributed by atoms with E-state index in [1.54, 1.807) is 0 Å². The third-order valence-electron chi connectivity index (χ3n) is 4.50. The zero-order valence-electron chi connectivity index (χ0n) is 13.6. The van der Waals surface area contributed by atoms with Crippen LogP contribution in [0.5, 0.6) is 0 Å². The van der Waals surface area contributed by atoms with Gasteiger partial charge in [-0.05, 0) is 38.0 Å². The Morgan fingerprint density at radius 1 is 1.14 bits per heavy atom. The topological polar surface area (TPSA) is 75.9 Å². The van der Waals surface area contributed by atoms with Crippen LogP contribution in [0.3, 0.4) is 0 Å². The Balaban J connectivity index is 2.02. The fourth-order valence-electron chi connectivity index (χ4n) is 2.99. The molecule has 2 rings (SSSR count). The maximum absolute atomic E-state index is 5.57. The number of hydrogen-bond acceptors (Lipinski definition) is 5. The highest BCUT2D eigenvalue weighted by Crippen LogP contribution is 2.29. The molecule has 0 radical (unpaired) electrons. The minimum absolute atomic E-state index is 0.730. The summed E-state index contributed by atoms with van der Waals surface area (Å²) in [5.74, 6) is 9.75. The molecule has 0 spiro atoms. The molecule has 1 saturated carbocycles. The number of nitrogen functional groups attached to an aromatic ring is 1. The minimum atomic E-state index is 0.730. The molecule has 1 fully saturated rings. The van der Waals surface area contributed by atoms with Gasteiger partial charge in [-0.3, -0.25) is 0 Å². The Hall–Kier alpha value is -1.36. The molecule has 1 aliphatic rings. The Labute approximate surface area is 128 Å². The standard InChI is InChI=1S/C16H29N5/c1-4-5-14-19-15(12(3)16(20-14)21-17)18-10-13-8-6-11(2)7-9-13/h11,13H,4-10,17H2,1-3H3,(H2,18,19,20,21). The monoisotopic (exact) mass is 291 g/mol. The lowest BCUT2D eigenvalue weighted by atomic mass is 9.83. The Kier molecular flexibility index (Phi) is 5.79. The first kappa shape index (κ1) is 16.0. The zero-order valence-corrected chi connectivity index (χ0v) is 13.6. The molecule has 118 valence electrons. The van der Waals surface area contributed by atoms with Crippen LogP contribution in [0.15, 0.2) is 0 Å². The van der Waals surface area contributed by atoms with Crippen LogP contribution in [0.4, 0.5) is 11.6 Å². The SMILES string of the molecule is CCCc1nc(NN)c(C)c(NCC2CCC(C)CC2)n1. The molecule has 1 aromatic rings. The lowest BCUT2D eigenvalue weighted by molar-refractivity contribution is 0.300. The van der Waals surface area contributed by atoms with Gasteiger partial charge >= 0.3 is 0 Å². The van der Waals surface area contributed by atoms with Crippen LogP contribution in [-0.4, -0.2) is 16.5 Å². The maximum atomic E-state index is 5.57. The highest BCUT2D eigenvalue weighted by Gasteiger charge is 2.19. The fourth-order valence-corrected chi connectivity index (χ4v) is 2.99. The highest BCUT2D eigenvalue weighted by atomic mass is 15.3. The predicted octanol–water partition coefficient (Wildman–Crippen LogP) is 3.26. The van der Waals surface area contributed by atoms with E-state index in [0.717, 1.165) is 54.2 Å². The zero-order chi connectivity index (χ0) is 15.2. The molecule has 0 saturated heterocycles. The van der Waals surface area contributed by atoms with E-state index < -0.39 is 0 Å². The number of nitrogens with two attached hydrogens (primary N) is 1. The number of nitrogens with one attached hydrogen (secondary N) is 2.